The zero-order chi connectivity index (χ0) is 21.3. The second kappa shape index (κ2) is 8.46. The first-order valence-corrected chi connectivity index (χ1v) is 11.6. The number of rotatable bonds is 6. The van der Waals surface area contributed by atoms with Crippen LogP contribution in [0.2, 0.25) is 0 Å². The molecule has 0 atom stereocenters. The highest BCUT2D eigenvalue weighted by Crippen LogP contribution is 2.33. The zero-order valence-corrected chi connectivity index (χ0v) is 19.3. The normalized spacial score (nSPS) is 12.0. The van der Waals surface area contributed by atoms with Crippen molar-refractivity contribution < 1.29 is 17.9 Å². The standard InChI is InChI=1S/C22H19IN2O4S/c1-28-22(29-2)18-11-7-6-10-17(18)15-12-19-20(23)14-25(21(19)24-13-15)30(26,27)16-8-4-3-5-9-16/h3-14,22H,1-2H3. The van der Waals surface area contributed by atoms with Crippen molar-refractivity contribution in [2.24, 2.45) is 0 Å². The quantitative estimate of drug-likeness (QED) is 0.262. The molecule has 2 aromatic carbocycles. The molecule has 4 rings (SSSR count). The molecule has 154 valence electrons. The second-order valence-electron chi connectivity index (χ2n) is 6.58. The number of methoxy groups -OCH3 is 2. The number of nitrogens with zero attached hydrogens (tertiary/aromatic N) is 2. The SMILES string of the molecule is COC(OC)c1ccccc1-c1cnc2c(c1)c(I)cn2S(=O)(=O)c1ccccc1. The molecule has 0 radical (unpaired) electrons. The lowest BCUT2D eigenvalue weighted by Crippen LogP contribution is -2.12. The number of fused-ring (bicyclic) bond motifs is 1. The summed E-state index contributed by atoms with van der Waals surface area (Å²) in [5.41, 5.74) is 3.02. The van der Waals surface area contributed by atoms with E-state index in [4.69, 9.17) is 9.47 Å². The summed E-state index contributed by atoms with van der Waals surface area (Å²) in [6, 6.07) is 18.0. The molecule has 0 saturated carbocycles. The van der Waals surface area contributed by atoms with Crippen molar-refractivity contribution in [1.29, 1.82) is 0 Å². The molecule has 0 unspecified atom stereocenters. The molecular weight excluding hydrogens is 515 g/mol. The van der Waals surface area contributed by atoms with E-state index in [0.717, 1.165) is 25.6 Å². The van der Waals surface area contributed by atoms with Gasteiger partial charge in [-0.25, -0.2) is 17.4 Å². The molecule has 0 aliphatic carbocycles. The third-order valence-electron chi connectivity index (χ3n) is 4.82. The van der Waals surface area contributed by atoms with Gasteiger partial charge in [0.1, 0.15) is 0 Å². The Bertz CT molecular complexity index is 1300. The van der Waals surface area contributed by atoms with Gasteiger partial charge in [0.2, 0.25) is 0 Å². The molecule has 8 heteroatoms. The van der Waals surface area contributed by atoms with Crippen LogP contribution in [0.5, 0.6) is 0 Å². The maximum Gasteiger partial charge on any atom is 0.269 e. The fourth-order valence-corrected chi connectivity index (χ4v) is 5.60. The van der Waals surface area contributed by atoms with Crippen molar-refractivity contribution in [1.82, 2.24) is 8.96 Å². The van der Waals surface area contributed by atoms with Crippen molar-refractivity contribution in [3.05, 3.63) is 82.2 Å². The van der Waals surface area contributed by atoms with Gasteiger partial charge in [-0.1, -0.05) is 42.5 Å². The fourth-order valence-electron chi connectivity index (χ4n) is 3.39. The molecule has 0 saturated heterocycles. The lowest BCUT2D eigenvalue weighted by molar-refractivity contribution is -0.105. The van der Waals surface area contributed by atoms with E-state index in [1.165, 1.54) is 3.97 Å². The monoisotopic (exact) mass is 534 g/mol. The van der Waals surface area contributed by atoms with Crippen molar-refractivity contribution in [2.45, 2.75) is 11.2 Å². The molecule has 4 aromatic rings. The Balaban J connectivity index is 1.87. The van der Waals surface area contributed by atoms with E-state index in [1.807, 2.05) is 30.3 Å². The average molecular weight is 534 g/mol. The third kappa shape index (κ3) is 3.64. The van der Waals surface area contributed by atoms with Crippen molar-refractivity contribution in [2.75, 3.05) is 14.2 Å². The number of aromatic nitrogens is 2. The van der Waals surface area contributed by atoms with Crippen LogP contribution in [0.1, 0.15) is 11.9 Å². The largest absolute Gasteiger partial charge is 0.352 e. The molecule has 0 bridgehead atoms. The Hall–Kier alpha value is -2.27. The summed E-state index contributed by atoms with van der Waals surface area (Å²) < 4.78 is 39.1. The average Bonchev–Trinajstić information content (AvgIpc) is 3.12. The van der Waals surface area contributed by atoms with Crippen LogP contribution < -0.4 is 0 Å². The van der Waals surface area contributed by atoms with Gasteiger partial charge in [-0.15, -0.1) is 0 Å². The van der Waals surface area contributed by atoms with Crippen LogP contribution in [0.4, 0.5) is 0 Å². The predicted octanol–water partition coefficient (Wildman–Crippen LogP) is 4.84. The molecule has 6 nitrogen and oxygen atoms in total. The maximum atomic E-state index is 13.1. The van der Waals surface area contributed by atoms with E-state index in [1.54, 1.807) is 56.9 Å². The predicted molar refractivity (Wildman–Crippen MR) is 124 cm³/mol. The highest BCUT2D eigenvalue weighted by atomic mass is 127. The molecule has 2 aromatic heterocycles. The minimum atomic E-state index is -3.74. The summed E-state index contributed by atoms with van der Waals surface area (Å²) in [5, 5.41) is 0.758. The van der Waals surface area contributed by atoms with Gasteiger partial charge in [-0.2, -0.15) is 0 Å². The highest BCUT2D eigenvalue weighted by molar-refractivity contribution is 14.1. The summed E-state index contributed by atoms with van der Waals surface area (Å²) in [6.45, 7) is 0. The topological polar surface area (TPSA) is 70.4 Å². The summed E-state index contributed by atoms with van der Waals surface area (Å²) in [5.74, 6) is 0. The summed E-state index contributed by atoms with van der Waals surface area (Å²) in [4.78, 5) is 4.74. The van der Waals surface area contributed by atoms with Gasteiger partial charge in [0.25, 0.3) is 10.0 Å². The van der Waals surface area contributed by atoms with Crippen LogP contribution in [-0.2, 0) is 19.5 Å². The summed E-state index contributed by atoms with van der Waals surface area (Å²) in [6.07, 6.45) is 2.76. The van der Waals surface area contributed by atoms with Crippen molar-refractivity contribution in [3.8, 4) is 11.1 Å². The lowest BCUT2D eigenvalue weighted by Gasteiger charge is -2.17. The smallest absolute Gasteiger partial charge is 0.269 e. The molecule has 0 N–H and O–H groups in total. The fraction of sp³-hybridized carbons (Fsp3) is 0.136. The summed E-state index contributed by atoms with van der Waals surface area (Å²) in [7, 11) is -0.568. The van der Waals surface area contributed by atoms with Crippen LogP contribution >= 0.6 is 22.6 Å². The molecule has 0 aliphatic heterocycles. The van der Waals surface area contributed by atoms with Gasteiger partial charge in [0.15, 0.2) is 11.9 Å². The number of benzene rings is 2. The van der Waals surface area contributed by atoms with E-state index in [-0.39, 0.29) is 4.90 Å². The Kier molecular flexibility index (Phi) is 5.92. The number of halogens is 1. The van der Waals surface area contributed by atoms with Crippen LogP contribution in [0.15, 0.2) is 78.0 Å². The minimum Gasteiger partial charge on any atom is -0.352 e. The molecule has 30 heavy (non-hydrogen) atoms. The number of ether oxygens (including phenoxy) is 2. The first-order chi connectivity index (χ1) is 14.5. The number of hydrogen-bond donors (Lipinski definition) is 0. The van der Waals surface area contributed by atoms with Gasteiger partial charge < -0.3 is 9.47 Å². The van der Waals surface area contributed by atoms with E-state index in [9.17, 15) is 8.42 Å². The first kappa shape index (κ1) is 21.0. The Morgan fingerprint density at radius 1 is 1.00 bits per heavy atom. The molecule has 0 fully saturated rings. The van der Waals surface area contributed by atoms with Crippen LogP contribution in [0.3, 0.4) is 0 Å². The minimum absolute atomic E-state index is 0.220. The maximum absolute atomic E-state index is 13.1. The summed E-state index contributed by atoms with van der Waals surface area (Å²) >= 11 is 2.14. The first-order valence-electron chi connectivity index (χ1n) is 9.09. The Morgan fingerprint density at radius 2 is 1.67 bits per heavy atom. The van der Waals surface area contributed by atoms with Crippen LogP contribution in [-0.4, -0.2) is 31.6 Å². The van der Waals surface area contributed by atoms with E-state index in [0.29, 0.717) is 5.65 Å². The van der Waals surface area contributed by atoms with Gasteiger partial charge >= 0.3 is 0 Å². The molecule has 2 heterocycles. The zero-order valence-electron chi connectivity index (χ0n) is 16.3. The van der Waals surface area contributed by atoms with Crippen molar-refractivity contribution in [3.63, 3.8) is 0 Å². The van der Waals surface area contributed by atoms with Crippen molar-refractivity contribution >= 4 is 43.6 Å². The highest BCUT2D eigenvalue weighted by Gasteiger charge is 2.22. The third-order valence-corrected chi connectivity index (χ3v) is 7.34. The molecule has 0 aliphatic rings. The van der Waals surface area contributed by atoms with E-state index in [2.05, 4.69) is 27.6 Å². The Labute approximate surface area is 188 Å². The molecular formula is C22H19IN2O4S. The lowest BCUT2D eigenvalue weighted by atomic mass is 10.00. The second-order valence-corrected chi connectivity index (χ2v) is 9.55. The van der Waals surface area contributed by atoms with Crippen LogP contribution in [0, 0.1) is 3.57 Å². The van der Waals surface area contributed by atoms with E-state index >= 15 is 0 Å². The van der Waals surface area contributed by atoms with Gasteiger partial charge in [0.05, 0.1) is 4.90 Å². The molecule has 0 spiro atoms. The Morgan fingerprint density at radius 3 is 2.37 bits per heavy atom. The number of hydrogen-bond acceptors (Lipinski definition) is 5. The van der Waals surface area contributed by atoms with Gasteiger partial charge in [0, 0.05) is 46.7 Å². The number of pyridine rings is 1. The van der Waals surface area contributed by atoms with E-state index < -0.39 is 16.3 Å². The molecule has 0 amide bonds. The van der Waals surface area contributed by atoms with Gasteiger partial charge in [-0.05, 0) is 46.4 Å². The van der Waals surface area contributed by atoms with Gasteiger partial charge in [-0.3, -0.25) is 0 Å². The van der Waals surface area contributed by atoms with Crippen LogP contribution in [0.25, 0.3) is 22.2 Å².